The largest absolute Gasteiger partial charge is 0.190 e. The van der Waals surface area contributed by atoms with E-state index < -0.39 is 3.79 Å². The molecule has 0 nitrogen and oxygen atoms in total. The third kappa shape index (κ3) is 5.43. The lowest BCUT2D eigenvalue weighted by Gasteiger charge is -2.24. The van der Waals surface area contributed by atoms with Gasteiger partial charge in [-0.25, -0.2) is 0 Å². The van der Waals surface area contributed by atoms with Gasteiger partial charge in [0.05, 0.1) is 0 Å². The Morgan fingerprint density at radius 3 is 2.06 bits per heavy atom. The molecule has 1 unspecified atom stereocenters. The molecule has 0 aromatic heterocycles. The first-order chi connectivity index (χ1) is 7.38. The second-order valence-corrected chi connectivity index (χ2v) is 7.03. The van der Waals surface area contributed by atoms with Gasteiger partial charge in [0, 0.05) is 0 Å². The fourth-order valence-corrected chi connectivity index (χ4v) is 2.35. The minimum Gasteiger partial charge on any atom is -0.0837 e. The molecule has 0 radical (unpaired) electrons. The van der Waals surface area contributed by atoms with Gasteiger partial charge in [0.25, 0.3) is 0 Å². The Morgan fingerprint density at radius 1 is 1.06 bits per heavy atom. The van der Waals surface area contributed by atoms with Crippen LogP contribution >= 0.6 is 34.8 Å². The standard InChI is InChI=1S/C13H17Cl3/c1-10(2)12(9-13(14,15)16)8-11-6-4-3-5-7-11/h3-7,10,12H,8-9H2,1-2H3. The van der Waals surface area contributed by atoms with Crippen molar-refractivity contribution in [3.05, 3.63) is 35.9 Å². The van der Waals surface area contributed by atoms with Crippen molar-refractivity contribution < 1.29 is 0 Å². The van der Waals surface area contributed by atoms with Crippen LogP contribution in [0.4, 0.5) is 0 Å². The molecule has 0 heterocycles. The molecule has 1 atom stereocenters. The van der Waals surface area contributed by atoms with Gasteiger partial charge in [-0.15, -0.1) is 0 Å². The lowest BCUT2D eigenvalue weighted by Crippen LogP contribution is -2.19. The Bertz CT molecular complexity index is 301. The van der Waals surface area contributed by atoms with Crippen molar-refractivity contribution in [3.8, 4) is 0 Å². The van der Waals surface area contributed by atoms with Gasteiger partial charge >= 0.3 is 0 Å². The molecular formula is C13H17Cl3. The summed E-state index contributed by atoms with van der Waals surface area (Å²) in [4.78, 5) is 0. The van der Waals surface area contributed by atoms with Crippen molar-refractivity contribution >= 4 is 34.8 Å². The van der Waals surface area contributed by atoms with Gasteiger partial charge in [-0.1, -0.05) is 79.0 Å². The lowest BCUT2D eigenvalue weighted by molar-refractivity contribution is 0.360. The summed E-state index contributed by atoms with van der Waals surface area (Å²) in [6.45, 7) is 4.34. The van der Waals surface area contributed by atoms with Crippen LogP contribution < -0.4 is 0 Å². The van der Waals surface area contributed by atoms with E-state index in [0.29, 0.717) is 18.3 Å². The number of hydrogen-bond acceptors (Lipinski definition) is 0. The highest BCUT2D eigenvalue weighted by Crippen LogP contribution is 2.37. The molecule has 0 spiro atoms. The summed E-state index contributed by atoms with van der Waals surface area (Å²) in [5.41, 5.74) is 1.30. The van der Waals surface area contributed by atoms with Gasteiger partial charge in [0.15, 0.2) is 3.79 Å². The fourth-order valence-electron chi connectivity index (χ4n) is 1.76. The highest BCUT2D eigenvalue weighted by Gasteiger charge is 2.27. The van der Waals surface area contributed by atoms with Crippen LogP contribution in [0.5, 0.6) is 0 Å². The number of rotatable bonds is 4. The Morgan fingerprint density at radius 2 is 1.62 bits per heavy atom. The van der Waals surface area contributed by atoms with Gasteiger partial charge in [-0.3, -0.25) is 0 Å². The van der Waals surface area contributed by atoms with Crippen molar-refractivity contribution in [2.24, 2.45) is 11.8 Å². The molecule has 0 saturated carbocycles. The molecule has 0 fully saturated rings. The maximum Gasteiger partial charge on any atom is 0.190 e. The van der Waals surface area contributed by atoms with Crippen molar-refractivity contribution in [3.63, 3.8) is 0 Å². The second-order valence-electron chi connectivity index (χ2n) is 4.51. The van der Waals surface area contributed by atoms with Crippen LogP contribution in [0, 0.1) is 11.8 Å². The first kappa shape index (κ1) is 14.2. The lowest BCUT2D eigenvalue weighted by atomic mass is 9.87. The average Bonchev–Trinajstić information content (AvgIpc) is 2.16. The highest BCUT2D eigenvalue weighted by atomic mass is 35.6. The smallest absolute Gasteiger partial charge is 0.0837 e. The zero-order chi connectivity index (χ0) is 12.2. The maximum atomic E-state index is 5.87. The zero-order valence-corrected chi connectivity index (χ0v) is 11.9. The molecular weight excluding hydrogens is 263 g/mol. The minimum atomic E-state index is -1.15. The SMILES string of the molecule is CC(C)C(Cc1ccccc1)CC(Cl)(Cl)Cl. The molecule has 3 heteroatoms. The second kappa shape index (κ2) is 6.14. The van der Waals surface area contributed by atoms with E-state index in [1.165, 1.54) is 5.56 Å². The number of halogens is 3. The minimum absolute atomic E-state index is 0.398. The third-order valence-corrected chi connectivity index (χ3v) is 3.24. The van der Waals surface area contributed by atoms with Crippen LogP contribution in [0.2, 0.25) is 0 Å². The monoisotopic (exact) mass is 278 g/mol. The molecule has 0 aliphatic carbocycles. The van der Waals surface area contributed by atoms with Crippen molar-refractivity contribution in [2.75, 3.05) is 0 Å². The number of benzene rings is 1. The molecule has 90 valence electrons. The van der Waals surface area contributed by atoms with Crippen molar-refractivity contribution in [1.29, 1.82) is 0 Å². The Balaban J connectivity index is 2.66. The van der Waals surface area contributed by atoms with Gasteiger partial charge in [0.1, 0.15) is 0 Å². The predicted octanol–water partition coefficient (Wildman–Crippen LogP) is 5.26. The maximum absolute atomic E-state index is 5.87. The average molecular weight is 280 g/mol. The summed E-state index contributed by atoms with van der Waals surface area (Å²) in [6.07, 6.45) is 1.57. The van der Waals surface area contributed by atoms with E-state index in [2.05, 4.69) is 26.0 Å². The topological polar surface area (TPSA) is 0 Å². The summed E-state index contributed by atoms with van der Waals surface area (Å²) in [6, 6.07) is 10.3. The Hall–Kier alpha value is 0.0900. The van der Waals surface area contributed by atoms with E-state index in [0.717, 1.165) is 6.42 Å². The van der Waals surface area contributed by atoms with E-state index >= 15 is 0 Å². The first-order valence-corrected chi connectivity index (χ1v) is 6.62. The number of alkyl halides is 3. The fraction of sp³-hybridized carbons (Fsp3) is 0.538. The molecule has 1 aromatic rings. The molecule has 0 aliphatic rings. The van der Waals surface area contributed by atoms with Crippen molar-refractivity contribution in [2.45, 2.75) is 30.5 Å². The summed E-state index contributed by atoms with van der Waals surface area (Å²) in [7, 11) is 0. The number of hydrogen-bond donors (Lipinski definition) is 0. The zero-order valence-electron chi connectivity index (χ0n) is 9.59. The van der Waals surface area contributed by atoms with Crippen LogP contribution in [0.3, 0.4) is 0 Å². The molecule has 0 bridgehead atoms. The predicted molar refractivity (Wildman–Crippen MR) is 73.4 cm³/mol. The molecule has 0 N–H and O–H groups in total. The van der Waals surface area contributed by atoms with E-state index in [4.69, 9.17) is 34.8 Å². The van der Waals surface area contributed by atoms with E-state index in [1.807, 2.05) is 18.2 Å². The van der Waals surface area contributed by atoms with Gasteiger partial charge in [-0.05, 0) is 30.2 Å². The molecule has 16 heavy (non-hydrogen) atoms. The van der Waals surface area contributed by atoms with Crippen molar-refractivity contribution in [1.82, 2.24) is 0 Å². The van der Waals surface area contributed by atoms with Gasteiger partial charge < -0.3 is 0 Å². The third-order valence-electron chi connectivity index (χ3n) is 2.78. The van der Waals surface area contributed by atoms with E-state index in [-0.39, 0.29) is 0 Å². The summed E-state index contributed by atoms with van der Waals surface area (Å²) >= 11 is 17.6. The summed E-state index contributed by atoms with van der Waals surface area (Å²) in [5, 5.41) is 0. The molecule has 1 aromatic carbocycles. The normalized spacial score (nSPS) is 14.1. The Labute approximate surface area is 113 Å². The van der Waals surface area contributed by atoms with Crippen LogP contribution in [-0.2, 0) is 6.42 Å². The van der Waals surface area contributed by atoms with E-state index in [9.17, 15) is 0 Å². The van der Waals surface area contributed by atoms with Gasteiger partial charge in [-0.2, -0.15) is 0 Å². The molecule has 1 rings (SSSR count). The Kier molecular flexibility index (Phi) is 5.43. The van der Waals surface area contributed by atoms with Crippen LogP contribution in [0.15, 0.2) is 30.3 Å². The summed E-state index contributed by atoms with van der Waals surface area (Å²) < 4.78 is -1.15. The van der Waals surface area contributed by atoms with E-state index in [1.54, 1.807) is 0 Å². The molecule has 0 amide bonds. The summed E-state index contributed by atoms with van der Waals surface area (Å²) in [5.74, 6) is 0.908. The van der Waals surface area contributed by atoms with Crippen LogP contribution in [-0.4, -0.2) is 3.79 Å². The molecule has 0 saturated heterocycles. The quantitative estimate of drug-likeness (QED) is 0.659. The highest BCUT2D eigenvalue weighted by molar-refractivity contribution is 6.67. The van der Waals surface area contributed by atoms with Crippen LogP contribution in [0.1, 0.15) is 25.8 Å². The van der Waals surface area contributed by atoms with Gasteiger partial charge in [0.2, 0.25) is 0 Å². The first-order valence-electron chi connectivity index (χ1n) is 5.49. The molecule has 0 aliphatic heterocycles. The van der Waals surface area contributed by atoms with Crippen LogP contribution in [0.25, 0.3) is 0 Å².